The Kier molecular flexibility index (Phi) is 4.68. The van der Waals surface area contributed by atoms with Gasteiger partial charge in [0.15, 0.2) is 0 Å². The van der Waals surface area contributed by atoms with Crippen molar-refractivity contribution in [3.05, 3.63) is 47.3 Å². The first kappa shape index (κ1) is 17.7. The smallest absolute Gasteiger partial charge is 0.274 e. The van der Waals surface area contributed by atoms with Crippen LogP contribution in [0.2, 0.25) is 0 Å². The molecule has 1 saturated carbocycles. The Morgan fingerprint density at radius 1 is 1.00 bits per heavy atom. The highest BCUT2D eigenvalue weighted by Crippen LogP contribution is 2.38. The van der Waals surface area contributed by atoms with Gasteiger partial charge >= 0.3 is 0 Å². The zero-order valence-electron chi connectivity index (χ0n) is 15.9. The first-order valence-corrected chi connectivity index (χ1v) is 9.59. The summed E-state index contributed by atoms with van der Waals surface area (Å²) in [4.78, 5) is 37.4. The number of aromatic nitrogens is 3. The monoisotopic (exact) mass is 367 g/mol. The number of amides is 2. The summed E-state index contributed by atoms with van der Waals surface area (Å²) >= 11 is 0. The van der Waals surface area contributed by atoms with Crippen LogP contribution in [0.25, 0.3) is 0 Å². The number of hydrogen-bond acceptors (Lipinski definition) is 4. The number of rotatable bonds is 3. The highest BCUT2D eigenvalue weighted by Gasteiger charge is 2.30. The van der Waals surface area contributed by atoms with Gasteiger partial charge in [-0.1, -0.05) is 0 Å². The van der Waals surface area contributed by atoms with Gasteiger partial charge in [0.2, 0.25) is 0 Å². The second-order valence-corrected chi connectivity index (χ2v) is 7.41. The van der Waals surface area contributed by atoms with Gasteiger partial charge in [0.25, 0.3) is 11.8 Å². The first-order valence-electron chi connectivity index (χ1n) is 9.59. The van der Waals surface area contributed by atoms with E-state index in [0.29, 0.717) is 37.9 Å². The van der Waals surface area contributed by atoms with Gasteiger partial charge in [0.05, 0.1) is 11.8 Å². The molecule has 2 amide bonds. The Bertz CT molecular complexity index is 857. The summed E-state index contributed by atoms with van der Waals surface area (Å²) in [6.07, 6.45) is 7.73. The van der Waals surface area contributed by atoms with E-state index in [-0.39, 0.29) is 11.8 Å². The molecular formula is C20H25N5O2. The minimum Gasteiger partial charge on any atom is -0.345 e. The molecule has 0 atom stereocenters. The fourth-order valence-corrected chi connectivity index (χ4v) is 3.95. The molecule has 1 aliphatic carbocycles. The summed E-state index contributed by atoms with van der Waals surface area (Å²) in [5.74, 6) is -0.0480. The third-order valence-corrected chi connectivity index (χ3v) is 5.48. The minimum atomic E-state index is -0.121. The molecule has 0 bridgehead atoms. The van der Waals surface area contributed by atoms with Crippen LogP contribution in [-0.2, 0) is 0 Å². The predicted octanol–water partition coefficient (Wildman–Crippen LogP) is 2.22. The molecule has 3 heterocycles. The van der Waals surface area contributed by atoms with Crippen LogP contribution in [0.15, 0.2) is 24.7 Å². The Labute approximate surface area is 159 Å². The molecule has 4 rings (SSSR count). The third kappa shape index (κ3) is 3.46. The van der Waals surface area contributed by atoms with Crippen LogP contribution in [0.5, 0.6) is 0 Å². The van der Waals surface area contributed by atoms with E-state index in [1.165, 1.54) is 25.2 Å². The summed E-state index contributed by atoms with van der Waals surface area (Å²) < 4.78 is 2.30. The third-order valence-electron chi connectivity index (χ3n) is 5.48. The highest BCUT2D eigenvalue weighted by molar-refractivity contribution is 5.96. The Morgan fingerprint density at radius 2 is 1.70 bits per heavy atom. The molecule has 2 aliphatic rings. The first-order chi connectivity index (χ1) is 13.1. The molecule has 2 fully saturated rings. The lowest BCUT2D eigenvalue weighted by molar-refractivity contribution is 0.0715. The lowest BCUT2D eigenvalue weighted by atomic mass is 10.2. The van der Waals surface area contributed by atoms with Gasteiger partial charge in [-0.3, -0.25) is 14.6 Å². The van der Waals surface area contributed by atoms with Crippen molar-refractivity contribution in [3.8, 4) is 0 Å². The SMILES string of the molecule is Cc1cc(C(=O)N2CCCN(C(=O)c3cnccn3)CC2)c(C)n1C1CC1. The zero-order chi connectivity index (χ0) is 19.0. The average molecular weight is 367 g/mol. The van der Waals surface area contributed by atoms with Crippen LogP contribution in [0.4, 0.5) is 0 Å². The van der Waals surface area contributed by atoms with Crippen molar-refractivity contribution in [1.82, 2.24) is 24.3 Å². The number of aryl methyl sites for hydroxylation is 1. The standard InChI is InChI=1S/C20H25N5O2/c1-14-12-17(15(2)25(14)16-4-5-16)19(26)23-8-3-9-24(11-10-23)20(27)18-13-21-6-7-22-18/h6-7,12-13,16H,3-5,8-11H2,1-2H3. The predicted molar refractivity (Wildman–Crippen MR) is 101 cm³/mol. The topological polar surface area (TPSA) is 71.3 Å². The van der Waals surface area contributed by atoms with Crippen LogP contribution in [0, 0.1) is 13.8 Å². The summed E-state index contributed by atoms with van der Waals surface area (Å²) in [5, 5.41) is 0. The molecule has 0 aromatic carbocycles. The Morgan fingerprint density at radius 3 is 2.33 bits per heavy atom. The maximum Gasteiger partial charge on any atom is 0.274 e. The summed E-state index contributed by atoms with van der Waals surface area (Å²) in [6.45, 7) is 6.46. The summed E-state index contributed by atoms with van der Waals surface area (Å²) in [7, 11) is 0. The van der Waals surface area contributed by atoms with E-state index in [1.807, 2.05) is 17.9 Å². The van der Waals surface area contributed by atoms with Crippen molar-refractivity contribution in [1.29, 1.82) is 0 Å². The van der Waals surface area contributed by atoms with Gasteiger partial charge in [0.1, 0.15) is 5.69 Å². The lowest BCUT2D eigenvalue weighted by Crippen LogP contribution is -2.37. The van der Waals surface area contributed by atoms with Crippen molar-refractivity contribution in [2.75, 3.05) is 26.2 Å². The zero-order valence-corrected chi connectivity index (χ0v) is 15.9. The van der Waals surface area contributed by atoms with Crippen molar-refractivity contribution in [3.63, 3.8) is 0 Å². The van der Waals surface area contributed by atoms with Gasteiger partial charge in [-0.25, -0.2) is 4.98 Å². The van der Waals surface area contributed by atoms with Crippen molar-refractivity contribution in [2.24, 2.45) is 0 Å². The quantitative estimate of drug-likeness (QED) is 0.834. The molecule has 2 aromatic heterocycles. The Balaban J connectivity index is 1.46. The molecule has 27 heavy (non-hydrogen) atoms. The van der Waals surface area contributed by atoms with Crippen molar-refractivity contribution in [2.45, 2.75) is 39.2 Å². The van der Waals surface area contributed by atoms with E-state index in [9.17, 15) is 9.59 Å². The average Bonchev–Trinajstić information content (AvgIpc) is 3.49. The molecule has 2 aromatic rings. The van der Waals surface area contributed by atoms with Gasteiger partial charge in [-0.05, 0) is 39.2 Å². The maximum atomic E-state index is 13.1. The molecule has 142 valence electrons. The second kappa shape index (κ2) is 7.13. The lowest BCUT2D eigenvalue weighted by Gasteiger charge is -2.22. The Hall–Kier alpha value is -2.70. The van der Waals surface area contributed by atoms with Crippen molar-refractivity contribution < 1.29 is 9.59 Å². The van der Waals surface area contributed by atoms with E-state index < -0.39 is 0 Å². The molecule has 1 aliphatic heterocycles. The minimum absolute atomic E-state index is 0.0730. The molecule has 0 spiro atoms. The number of carbonyl (C=O) groups excluding carboxylic acids is 2. The van der Waals surface area contributed by atoms with Gasteiger partial charge in [-0.15, -0.1) is 0 Å². The fourth-order valence-electron chi connectivity index (χ4n) is 3.95. The van der Waals surface area contributed by atoms with Gasteiger partial charge in [0, 0.05) is 56.0 Å². The van der Waals surface area contributed by atoms with Crippen LogP contribution in [-0.4, -0.2) is 62.3 Å². The van der Waals surface area contributed by atoms with Crippen LogP contribution >= 0.6 is 0 Å². The van der Waals surface area contributed by atoms with Gasteiger partial charge in [-0.2, -0.15) is 0 Å². The molecule has 0 N–H and O–H groups in total. The van der Waals surface area contributed by atoms with E-state index in [1.54, 1.807) is 11.1 Å². The molecule has 0 radical (unpaired) electrons. The van der Waals surface area contributed by atoms with E-state index in [2.05, 4.69) is 21.5 Å². The maximum absolute atomic E-state index is 13.1. The van der Waals surface area contributed by atoms with E-state index in [4.69, 9.17) is 0 Å². The van der Waals surface area contributed by atoms with Crippen LogP contribution < -0.4 is 0 Å². The second-order valence-electron chi connectivity index (χ2n) is 7.41. The molecular weight excluding hydrogens is 342 g/mol. The molecule has 0 unspecified atom stereocenters. The van der Waals surface area contributed by atoms with Crippen molar-refractivity contribution >= 4 is 11.8 Å². The summed E-state index contributed by atoms with van der Waals surface area (Å²) in [5.41, 5.74) is 3.38. The van der Waals surface area contributed by atoms with Crippen LogP contribution in [0.1, 0.15) is 57.5 Å². The number of carbonyl (C=O) groups is 2. The number of nitrogens with zero attached hydrogens (tertiary/aromatic N) is 5. The fraction of sp³-hybridized carbons (Fsp3) is 0.500. The molecule has 7 heteroatoms. The van der Waals surface area contributed by atoms with E-state index >= 15 is 0 Å². The van der Waals surface area contributed by atoms with Gasteiger partial charge < -0.3 is 14.4 Å². The normalized spacial score (nSPS) is 17.7. The van der Waals surface area contributed by atoms with Crippen LogP contribution in [0.3, 0.4) is 0 Å². The molecule has 7 nitrogen and oxygen atoms in total. The highest BCUT2D eigenvalue weighted by atomic mass is 16.2. The summed E-state index contributed by atoms with van der Waals surface area (Å²) in [6, 6.07) is 2.58. The number of hydrogen-bond donors (Lipinski definition) is 0. The largest absolute Gasteiger partial charge is 0.345 e. The molecule has 1 saturated heterocycles. The van der Waals surface area contributed by atoms with E-state index in [0.717, 1.165) is 23.4 Å².